The molecule has 0 spiro atoms. The second kappa shape index (κ2) is 9.05. The lowest BCUT2D eigenvalue weighted by Crippen LogP contribution is -2.48. The zero-order valence-corrected chi connectivity index (χ0v) is 18.8. The Morgan fingerprint density at radius 1 is 1.24 bits per heavy atom. The van der Waals surface area contributed by atoms with Crippen LogP contribution >= 0.6 is 0 Å². The Morgan fingerprint density at radius 3 is 2.56 bits per heavy atom. The van der Waals surface area contributed by atoms with Gasteiger partial charge >= 0.3 is 6.18 Å². The number of rotatable bonds is 4. The van der Waals surface area contributed by atoms with E-state index in [9.17, 15) is 22.8 Å². The first-order chi connectivity index (χ1) is 16.0. The molecule has 11 heteroatoms. The van der Waals surface area contributed by atoms with Gasteiger partial charge in [-0.05, 0) is 39.0 Å². The van der Waals surface area contributed by atoms with Crippen molar-refractivity contribution in [2.75, 3.05) is 13.1 Å². The first-order valence-electron chi connectivity index (χ1n) is 10.7. The van der Waals surface area contributed by atoms with Crippen molar-refractivity contribution >= 4 is 16.8 Å². The fourth-order valence-corrected chi connectivity index (χ4v) is 4.00. The van der Waals surface area contributed by atoms with Crippen molar-refractivity contribution in [2.24, 2.45) is 0 Å². The Balaban J connectivity index is 1.53. The van der Waals surface area contributed by atoms with Crippen LogP contribution in [0.3, 0.4) is 0 Å². The molecule has 0 bridgehead atoms. The van der Waals surface area contributed by atoms with Crippen LogP contribution in [0.25, 0.3) is 10.9 Å². The summed E-state index contributed by atoms with van der Waals surface area (Å²) in [6.45, 7) is 5.70. The summed E-state index contributed by atoms with van der Waals surface area (Å²) >= 11 is 0. The van der Waals surface area contributed by atoms with Gasteiger partial charge in [0.15, 0.2) is 0 Å². The Morgan fingerprint density at radius 2 is 1.94 bits per heavy atom. The number of ether oxygens (including phenoxy) is 2. The van der Waals surface area contributed by atoms with Crippen LogP contribution in [0.4, 0.5) is 13.2 Å². The average molecular weight is 476 g/mol. The Labute approximate surface area is 192 Å². The van der Waals surface area contributed by atoms with Crippen LogP contribution in [0, 0.1) is 6.92 Å². The summed E-state index contributed by atoms with van der Waals surface area (Å²) in [7, 11) is 0. The standard InChI is InChI=1S/C23H23F3N4O4/c1-12-9-30(10-13(2)34-12)22(32)15-4-5-20(27-8-15)33-11-16-6-17-19(7-18(16)23(24,25)26)28-14(3)29-21(17)31/h4-8,12-13H,9-11H2,1-3H3,(H,28,29,31). The molecule has 1 aromatic carbocycles. The zero-order chi connectivity index (χ0) is 24.6. The maximum absolute atomic E-state index is 13.6. The van der Waals surface area contributed by atoms with Gasteiger partial charge in [-0.15, -0.1) is 0 Å². The van der Waals surface area contributed by atoms with Gasteiger partial charge in [0, 0.05) is 30.9 Å². The van der Waals surface area contributed by atoms with Crippen molar-refractivity contribution in [3.63, 3.8) is 0 Å². The van der Waals surface area contributed by atoms with Gasteiger partial charge in [0.2, 0.25) is 5.88 Å². The van der Waals surface area contributed by atoms with E-state index < -0.39 is 23.9 Å². The number of amides is 1. The lowest BCUT2D eigenvalue weighted by molar-refractivity contribution is -0.138. The molecule has 180 valence electrons. The second-order valence-electron chi connectivity index (χ2n) is 8.32. The van der Waals surface area contributed by atoms with Gasteiger partial charge in [0.1, 0.15) is 12.4 Å². The predicted octanol–water partition coefficient (Wildman–Crippen LogP) is 3.47. The fraction of sp³-hybridized carbons (Fsp3) is 0.391. The number of nitrogens with zero attached hydrogens (tertiary/aromatic N) is 3. The molecule has 2 atom stereocenters. The minimum Gasteiger partial charge on any atom is -0.473 e. The van der Waals surface area contributed by atoms with Crippen LogP contribution in [-0.2, 0) is 17.5 Å². The third-order valence-corrected chi connectivity index (χ3v) is 5.42. The van der Waals surface area contributed by atoms with Crippen LogP contribution in [0.1, 0.15) is 41.2 Å². The number of hydrogen-bond donors (Lipinski definition) is 1. The zero-order valence-electron chi connectivity index (χ0n) is 18.8. The molecule has 2 unspecified atom stereocenters. The quantitative estimate of drug-likeness (QED) is 0.619. The molecule has 1 aliphatic rings. The van der Waals surface area contributed by atoms with Crippen LogP contribution in [0.15, 0.2) is 35.3 Å². The Hall–Kier alpha value is -3.47. The second-order valence-corrected chi connectivity index (χ2v) is 8.32. The summed E-state index contributed by atoms with van der Waals surface area (Å²) in [5.74, 6) is 0.0517. The number of morpholine rings is 1. The van der Waals surface area contributed by atoms with Crippen LogP contribution in [-0.4, -0.2) is 51.1 Å². The highest BCUT2D eigenvalue weighted by atomic mass is 19.4. The number of nitrogens with one attached hydrogen (secondary N) is 1. The monoisotopic (exact) mass is 476 g/mol. The number of carbonyl (C=O) groups is 1. The van der Waals surface area contributed by atoms with Gasteiger partial charge in [0.25, 0.3) is 11.5 Å². The SMILES string of the molecule is Cc1nc2cc(C(F)(F)F)c(COc3ccc(C(=O)N4CC(C)OC(C)C4)cn3)cc2c(=O)[nH]1. The number of aromatic amines is 1. The van der Waals surface area contributed by atoms with E-state index in [-0.39, 0.29) is 46.3 Å². The lowest BCUT2D eigenvalue weighted by atomic mass is 10.0. The molecular formula is C23H23F3N4O4. The molecule has 0 aliphatic carbocycles. The maximum atomic E-state index is 13.6. The van der Waals surface area contributed by atoms with E-state index in [1.54, 1.807) is 4.90 Å². The number of pyridine rings is 1. The molecule has 1 amide bonds. The maximum Gasteiger partial charge on any atom is 0.416 e. The van der Waals surface area contributed by atoms with E-state index in [2.05, 4.69) is 15.0 Å². The van der Waals surface area contributed by atoms with Crippen molar-refractivity contribution in [1.29, 1.82) is 0 Å². The number of benzene rings is 1. The van der Waals surface area contributed by atoms with Gasteiger partial charge in [-0.1, -0.05) is 0 Å². The molecule has 2 aromatic heterocycles. The van der Waals surface area contributed by atoms with Gasteiger partial charge in [-0.25, -0.2) is 9.97 Å². The van der Waals surface area contributed by atoms with Crippen molar-refractivity contribution in [1.82, 2.24) is 19.9 Å². The van der Waals surface area contributed by atoms with Crippen molar-refractivity contribution < 1.29 is 27.4 Å². The Bertz CT molecular complexity index is 1260. The van der Waals surface area contributed by atoms with Crippen molar-refractivity contribution in [2.45, 2.75) is 45.8 Å². The van der Waals surface area contributed by atoms with E-state index in [0.29, 0.717) is 18.7 Å². The van der Waals surface area contributed by atoms with E-state index in [1.165, 1.54) is 25.3 Å². The molecule has 1 fully saturated rings. The minimum absolute atomic E-state index is 0.0278. The van der Waals surface area contributed by atoms with Crippen LogP contribution < -0.4 is 10.3 Å². The predicted molar refractivity (Wildman–Crippen MR) is 117 cm³/mol. The minimum atomic E-state index is -4.67. The first-order valence-corrected chi connectivity index (χ1v) is 10.7. The molecule has 34 heavy (non-hydrogen) atoms. The van der Waals surface area contributed by atoms with Gasteiger partial charge in [-0.3, -0.25) is 9.59 Å². The number of aromatic nitrogens is 3. The number of aryl methyl sites for hydroxylation is 1. The van der Waals surface area contributed by atoms with Gasteiger partial charge in [-0.2, -0.15) is 13.2 Å². The molecule has 1 aliphatic heterocycles. The molecule has 1 N–H and O–H groups in total. The summed E-state index contributed by atoms with van der Waals surface area (Å²) in [6, 6.07) is 4.91. The molecule has 3 heterocycles. The Kier molecular flexibility index (Phi) is 6.30. The number of H-pyrrole nitrogens is 1. The molecule has 8 nitrogen and oxygen atoms in total. The van der Waals surface area contributed by atoms with Crippen LogP contribution in [0.5, 0.6) is 5.88 Å². The summed E-state index contributed by atoms with van der Waals surface area (Å²) in [4.78, 5) is 37.1. The van der Waals surface area contributed by atoms with E-state index in [0.717, 1.165) is 12.1 Å². The third kappa shape index (κ3) is 5.04. The smallest absolute Gasteiger partial charge is 0.416 e. The highest BCUT2D eigenvalue weighted by molar-refractivity contribution is 5.94. The fourth-order valence-electron chi connectivity index (χ4n) is 4.00. The van der Waals surface area contributed by atoms with E-state index in [1.807, 2.05) is 13.8 Å². The van der Waals surface area contributed by atoms with Crippen LogP contribution in [0.2, 0.25) is 0 Å². The summed E-state index contributed by atoms with van der Waals surface area (Å²) < 4.78 is 52.0. The molecule has 4 rings (SSSR count). The summed E-state index contributed by atoms with van der Waals surface area (Å²) in [5.41, 5.74) is -1.42. The largest absolute Gasteiger partial charge is 0.473 e. The number of alkyl halides is 3. The lowest BCUT2D eigenvalue weighted by Gasteiger charge is -2.35. The number of fused-ring (bicyclic) bond motifs is 1. The van der Waals surface area contributed by atoms with Crippen molar-refractivity contribution in [3.05, 3.63) is 63.3 Å². The average Bonchev–Trinajstić information content (AvgIpc) is 2.76. The van der Waals surface area contributed by atoms with Crippen molar-refractivity contribution in [3.8, 4) is 5.88 Å². The summed E-state index contributed by atoms with van der Waals surface area (Å²) in [6.07, 6.45) is -3.51. The molecular weight excluding hydrogens is 453 g/mol. The number of hydrogen-bond acceptors (Lipinski definition) is 6. The topological polar surface area (TPSA) is 97.4 Å². The molecule has 1 saturated heterocycles. The third-order valence-electron chi connectivity index (χ3n) is 5.42. The number of carbonyl (C=O) groups excluding carboxylic acids is 1. The van der Waals surface area contributed by atoms with Gasteiger partial charge in [0.05, 0.1) is 34.2 Å². The van der Waals surface area contributed by atoms with Gasteiger partial charge < -0.3 is 19.4 Å². The first kappa shape index (κ1) is 23.7. The molecule has 3 aromatic rings. The van der Waals surface area contributed by atoms with E-state index in [4.69, 9.17) is 9.47 Å². The normalized spacial score (nSPS) is 18.8. The molecule has 0 saturated carbocycles. The molecule has 0 radical (unpaired) electrons. The highest BCUT2D eigenvalue weighted by Gasteiger charge is 2.34. The van der Waals surface area contributed by atoms with E-state index >= 15 is 0 Å². The summed E-state index contributed by atoms with van der Waals surface area (Å²) in [5, 5.41) is 0.0278. The number of halogens is 3. The highest BCUT2D eigenvalue weighted by Crippen LogP contribution is 2.34.